The van der Waals surface area contributed by atoms with Gasteiger partial charge in [-0.2, -0.15) is 0 Å². The van der Waals surface area contributed by atoms with Gasteiger partial charge in [0.1, 0.15) is 68.2 Å². The first-order chi connectivity index (χ1) is 59.5. The first-order valence-corrected chi connectivity index (χ1v) is 41.9. The largest absolute Gasteiger partial charge is 0.448 e. The van der Waals surface area contributed by atoms with Crippen LogP contribution in [-0.2, 0) is 19.6 Å². The van der Waals surface area contributed by atoms with E-state index in [1.54, 1.807) is 86.0 Å². The number of amides is 4. The van der Waals surface area contributed by atoms with Gasteiger partial charge in [0, 0.05) is 82.0 Å². The third kappa shape index (κ3) is 19.1. The van der Waals surface area contributed by atoms with E-state index in [0.29, 0.717) is 81.8 Å². The fraction of sp³-hybridized carbons (Fsp3) is 0.271. The summed E-state index contributed by atoms with van der Waals surface area (Å²) in [6, 6.07) is 50.6. The predicted molar refractivity (Wildman–Crippen MR) is 479 cm³/mol. The molecule has 23 nitrogen and oxygen atoms in total. The van der Waals surface area contributed by atoms with Gasteiger partial charge in [0.25, 0.3) is 40.3 Å². The number of nitrogens with two attached hydrogens (primary N) is 3. The molecule has 28 heteroatoms. The molecule has 7 aromatic heterocycles. The average Bonchev–Trinajstić information content (AvgIpc) is 1.56. The van der Waals surface area contributed by atoms with Crippen LogP contribution in [0.3, 0.4) is 0 Å². The lowest BCUT2D eigenvalue weighted by molar-refractivity contribution is 0.0606. The Kier molecular flexibility index (Phi) is 27.6. The van der Waals surface area contributed by atoms with Crippen molar-refractivity contribution in [2.45, 2.75) is 107 Å². The van der Waals surface area contributed by atoms with Gasteiger partial charge in [0.2, 0.25) is 16.7 Å². The van der Waals surface area contributed by atoms with Crippen LogP contribution in [0.15, 0.2) is 216 Å². The SMILES string of the molecule is C#CCNC(=O)c1ccc(Cn2c(C(C(C)C)N(CCN)C(=O)c3ccc(C)cc3)nc3c(oc4ccc(F)cc43)c2=O)s1.Cc1ccc(C(=O)N(CCN)C(c2nc3c(oc4ccc(F)cc43)c(=O)n2Cc2cccc(Cl)c2)C(C)C)cc1.Cc1ccc(Cn2c(C(C(C)C)N(CCN)C(=O)c3ccc(C)cc3)nc3c(oc4ccc(F)cc43)c2=O)cc1. The Balaban J connectivity index is 0.000000160. The summed E-state index contributed by atoms with van der Waals surface area (Å²) in [6.07, 6.45) is 5.27. The molecule has 638 valence electrons. The molecule has 4 amide bonds. The molecule has 8 aromatic carbocycles. The Labute approximate surface area is 721 Å². The molecule has 0 aliphatic heterocycles. The van der Waals surface area contributed by atoms with E-state index in [-0.39, 0.29) is 140 Å². The van der Waals surface area contributed by atoms with E-state index in [1.807, 2.05) is 136 Å². The van der Waals surface area contributed by atoms with Gasteiger partial charge in [-0.05, 0) is 172 Å². The van der Waals surface area contributed by atoms with Crippen LogP contribution in [-0.4, -0.2) is 113 Å². The van der Waals surface area contributed by atoms with E-state index in [1.165, 1.54) is 75.1 Å². The minimum Gasteiger partial charge on any atom is -0.448 e. The minimum atomic E-state index is -0.693. The van der Waals surface area contributed by atoms with Crippen LogP contribution in [0.5, 0.6) is 0 Å². The van der Waals surface area contributed by atoms with Gasteiger partial charge >= 0.3 is 0 Å². The second-order valence-electron chi connectivity index (χ2n) is 31.6. The highest BCUT2D eigenvalue weighted by Gasteiger charge is 2.38. The molecule has 0 saturated carbocycles. The maximum atomic E-state index is 14.3. The van der Waals surface area contributed by atoms with E-state index >= 15 is 0 Å². The summed E-state index contributed by atoms with van der Waals surface area (Å²) >= 11 is 7.47. The number of terminal acetylenes is 1. The van der Waals surface area contributed by atoms with Crippen molar-refractivity contribution in [2.75, 3.05) is 45.8 Å². The first kappa shape index (κ1) is 88.7. The number of nitrogens with one attached hydrogen (secondary N) is 1. The number of hydrogen-bond acceptors (Lipinski definition) is 17. The number of thiophene rings is 1. The van der Waals surface area contributed by atoms with Gasteiger partial charge in [-0.1, -0.05) is 154 Å². The Bertz CT molecular complexity index is 6730. The third-order valence-corrected chi connectivity index (χ3v) is 22.7. The molecule has 7 heterocycles. The predicted octanol–water partition coefficient (Wildman–Crippen LogP) is 16.7. The maximum absolute atomic E-state index is 14.3. The normalized spacial score (nSPS) is 12.2. The molecule has 3 unspecified atom stereocenters. The van der Waals surface area contributed by atoms with Crippen LogP contribution in [0.1, 0.15) is 156 Å². The van der Waals surface area contributed by atoms with Crippen molar-refractivity contribution < 1.29 is 45.6 Å². The molecule has 124 heavy (non-hydrogen) atoms. The molecular formula is C96H95ClF3N13O10S. The number of aromatic nitrogens is 6. The molecule has 0 spiro atoms. The summed E-state index contributed by atoms with van der Waals surface area (Å²) in [7, 11) is 0. The number of rotatable bonds is 26. The lowest BCUT2D eigenvalue weighted by atomic mass is 9.99. The minimum absolute atomic E-state index is 0.0177. The van der Waals surface area contributed by atoms with Crippen LogP contribution in [0.2, 0.25) is 5.02 Å². The van der Waals surface area contributed by atoms with Gasteiger partial charge in [-0.3, -0.25) is 47.3 Å². The van der Waals surface area contributed by atoms with Crippen LogP contribution in [0.4, 0.5) is 13.2 Å². The van der Waals surface area contributed by atoms with Crippen LogP contribution in [0, 0.1) is 75.2 Å². The van der Waals surface area contributed by atoms with Crippen molar-refractivity contribution in [3.8, 4) is 12.3 Å². The number of fused-ring (bicyclic) bond motifs is 9. The number of halogens is 4. The topological polar surface area (TPSA) is 312 Å². The number of furan rings is 3. The molecule has 0 fully saturated rings. The highest BCUT2D eigenvalue weighted by atomic mass is 35.5. The van der Waals surface area contributed by atoms with Gasteiger partial charge in [-0.15, -0.1) is 17.8 Å². The molecule has 0 bridgehead atoms. The quantitative estimate of drug-likeness (QED) is 0.0366. The van der Waals surface area contributed by atoms with E-state index in [4.69, 9.17) is 63.4 Å². The lowest BCUT2D eigenvalue weighted by Gasteiger charge is -2.35. The summed E-state index contributed by atoms with van der Waals surface area (Å²) < 4.78 is 65.1. The number of carbonyl (C=O) groups is 4. The van der Waals surface area contributed by atoms with Crippen molar-refractivity contribution in [3.63, 3.8) is 0 Å². The second kappa shape index (κ2) is 38.5. The lowest BCUT2D eigenvalue weighted by Crippen LogP contribution is -2.43. The van der Waals surface area contributed by atoms with E-state index in [9.17, 15) is 46.7 Å². The molecule has 15 rings (SSSR count). The molecule has 0 saturated heterocycles. The molecule has 15 aromatic rings. The number of nitrogens with zero attached hydrogens (tertiary/aromatic N) is 9. The number of benzene rings is 8. The van der Waals surface area contributed by atoms with Crippen LogP contribution < -0.4 is 39.2 Å². The second-order valence-corrected chi connectivity index (χ2v) is 33.2. The summed E-state index contributed by atoms with van der Waals surface area (Å²) in [4.78, 5) is 118. The molecule has 0 aliphatic carbocycles. The first-order valence-electron chi connectivity index (χ1n) is 40.7. The van der Waals surface area contributed by atoms with Crippen molar-refractivity contribution in [1.29, 1.82) is 0 Å². The molecule has 0 radical (unpaired) electrons. The average molecular weight is 1720 g/mol. The van der Waals surface area contributed by atoms with E-state index in [0.717, 1.165) is 33.4 Å². The molecular weight excluding hydrogens is 1620 g/mol. The van der Waals surface area contributed by atoms with Crippen molar-refractivity contribution in [1.82, 2.24) is 48.7 Å². The Hall–Kier alpha value is -13.1. The fourth-order valence-electron chi connectivity index (χ4n) is 15.4. The van der Waals surface area contributed by atoms with Crippen LogP contribution in [0.25, 0.3) is 66.2 Å². The zero-order chi connectivity index (χ0) is 88.6. The Morgan fingerprint density at radius 2 is 0.798 bits per heavy atom. The molecule has 7 N–H and O–H groups in total. The molecule has 3 atom stereocenters. The van der Waals surface area contributed by atoms with Gasteiger partial charge in [0.15, 0.2) is 0 Å². The van der Waals surface area contributed by atoms with Crippen molar-refractivity contribution in [2.24, 2.45) is 35.0 Å². The highest BCUT2D eigenvalue weighted by molar-refractivity contribution is 7.14. The van der Waals surface area contributed by atoms with E-state index < -0.39 is 52.3 Å². The highest BCUT2D eigenvalue weighted by Crippen LogP contribution is 2.38. The van der Waals surface area contributed by atoms with Crippen LogP contribution >= 0.6 is 22.9 Å². The summed E-state index contributed by atoms with van der Waals surface area (Å²) in [5, 5.41) is 4.32. The van der Waals surface area contributed by atoms with Gasteiger partial charge < -0.3 is 50.5 Å². The Morgan fingerprint density at radius 3 is 1.13 bits per heavy atom. The summed E-state index contributed by atoms with van der Waals surface area (Å²) in [5.74, 6) is 0.471. The van der Waals surface area contributed by atoms with Crippen molar-refractivity contribution >= 4 is 113 Å². The zero-order valence-electron chi connectivity index (χ0n) is 70.3. The fourth-order valence-corrected chi connectivity index (χ4v) is 16.6. The summed E-state index contributed by atoms with van der Waals surface area (Å²) in [6.45, 7) is 21.4. The monoisotopic (exact) mass is 1710 g/mol. The number of hydrogen-bond donors (Lipinski definition) is 4. The maximum Gasteiger partial charge on any atom is 0.297 e. The molecule has 0 aliphatic rings. The summed E-state index contributed by atoms with van der Waals surface area (Å²) in [5.41, 5.74) is 25.9. The van der Waals surface area contributed by atoms with E-state index in [2.05, 4.69) is 11.2 Å². The smallest absolute Gasteiger partial charge is 0.297 e. The number of aryl methyl sites for hydroxylation is 4. The third-order valence-electron chi connectivity index (χ3n) is 21.4. The number of carbonyl (C=O) groups excluding carboxylic acids is 4. The Morgan fingerprint density at radius 1 is 0.460 bits per heavy atom. The van der Waals surface area contributed by atoms with Gasteiger partial charge in [0.05, 0.1) is 49.2 Å². The zero-order valence-corrected chi connectivity index (χ0v) is 71.8. The standard InChI is InChI=1S/C33H32FN5O4S.C32H33FN4O3.C31H30ClFN4O3/c1-5-15-36-31(40)26-13-11-23(44-26)18-39-30(37-27-24-17-22(34)10-12-25(24)43-29(27)33(39)42)28(19(2)3)38(16-14-35)32(41)21-8-6-20(4)7-9-21;1-19(2)28(36(16-15-34)31(38)23-11-7-21(4)8-12-23)30-35-27-25-17-24(33)13-14-26(25)40-29(27)32(39)37(30)18-22-9-5-20(3)6-10-22;1-18(2)27(36(14-13-34)30(38)21-9-7-19(3)8-10-21)29-35-26-24-16-23(33)11-12-25(24)40-28(26)31(39)37(29)17-20-5-4-6-22(32)15-20/h1,6-13,17,19,28H,14-16,18,35H2,2-4H3,(H,36,40);5-14,17,19,28H,15-16,18,34H2,1-4H3;4-12,15-16,18,27H,13-14,17,34H2,1-3H3. The van der Waals surface area contributed by atoms with Gasteiger partial charge in [-0.25, -0.2) is 28.1 Å². The van der Waals surface area contributed by atoms with Crippen molar-refractivity contribution in [3.05, 3.63) is 319 Å².